The van der Waals surface area contributed by atoms with Crippen LogP contribution in [0.2, 0.25) is 0 Å². The van der Waals surface area contributed by atoms with Crippen molar-refractivity contribution in [2.45, 2.75) is 25.6 Å². The molecule has 148 valence electrons. The molecule has 0 aromatic heterocycles. The molecule has 0 unspecified atom stereocenters. The van der Waals surface area contributed by atoms with Crippen molar-refractivity contribution in [3.05, 3.63) is 59.7 Å². The highest BCUT2D eigenvalue weighted by atomic mass is 35.5. The molecule has 2 aliphatic rings. The van der Waals surface area contributed by atoms with E-state index in [1.807, 2.05) is 24.3 Å². The van der Waals surface area contributed by atoms with E-state index in [4.69, 9.17) is 9.47 Å². The van der Waals surface area contributed by atoms with Gasteiger partial charge in [-0.3, -0.25) is 4.90 Å². The van der Waals surface area contributed by atoms with Gasteiger partial charge in [0.1, 0.15) is 18.1 Å². The van der Waals surface area contributed by atoms with Crippen molar-refractivity contribution in [2.75, 3.05) is 26.7 Å². The average molecular weight is 411 g/mol. The van der Waals surface area contributed by atoms with Gasteiger partial charge in [0.25, 0.3) is 0 Å². The van der Waals surface area contributed by atoms with Crippen LogP contribution in [0.3, 0.4) is 0 Å². The van der Waals surface area contributed by atoms with E-state index in [9.17, 15) is 0 Å². The van der Waals surface area contributed by atoms with Gasteiger partial charge in [-0.15, -0.1) is 24.8 Å². The third-order valence-corrected chi connectivity index (χ3v) is 5.34. The van der Waals surface area contributed by atoms with Crippen molar-refractivity contribution in [1.29, 1.82) is 0 Å². The summed E-state index contributed by atoms with van der Waals surface area (Å²) in [5.74, 6) is 2.58. The number of benzene rings is 2. The molecule has 6 heteroatoms. The van der Waals surface area contributed by atoms with Crippen LogP contribution >= 0.6 is 24.8 Å². The van der Waals surface area contributed by atoms with Crippen molar-refractivity contribution >= 4 is 24.8 Å². The number of hydrogen-bond donors (Lipinski definition) is 1. The van der Waals surface area contributed by atoms with E-state index in [0.29, 0.717) is 12.6 Å². The summed E-state index contributed by atoms with van der Waals surface area (Å²) >= 11 is 0. The van der Waals surface area contributed by atoms with E-state index in [1.165, 1.54) is 30.6 Å². The molecule has 2 aromatic carbocycles. The molecule has 0 amide bonds. The summed E-state index contributed by atoms with van der Waals surface area (Å²) in [7, 11) is 1.74. The van der Waals surface area contributed by atoms with Crippen LogP contribution in [0.25, 0.3) is 0 Å². The minimum absolute atomic E-state index is 0. The van der Waals surface area contributed by atoms with Crippen LogP contribution in [0.15, 0.2) is 48.5 Å². The second-order valence-corrected chi connectivity index (χ2v) is 7.05. The van der Waals surface area contributed by atoms with Crippen LogP contribution in [0.5, 0.6) is 11.5 Å². The van der Waals surface area contributed by atoms with E-state index in [2.05, 4.69) is 34.5 Å². The zero-order valence-electron chi connectivity index (χ0n) is 15.6. The zero-order valence-corrected chi connectivity index (χ0v) is 17.2. The standard InChI is InChI=1S/C21H26N2O2.2ClH/c1-24-21-11-19(25-15-16-5-3-2-4-6-16)8-7-18(21)13-23-12-17-9-10-22-20(17)14-23;;/h2-8,11,17,20,22H,9-10,12-15H2,1H3;2*1H/t17-,20+;;/m0../s1. The first-order chi connectivity index (χ1) is 12.3. The third kappa shape index (κ3) is 5.29. The average Bonchev–Trinajstić information content (AvgIpc) is 3.23. The fourth-order valence-electron chi connectivity index (χ4n) is 3.99. The molecular formula is C21H28Cl2N2O2. The smallest absolute Gasteiger partial charge is 0.127 e. The van der Waals surface area contributed by atoms with Gasteiger partial charge in [-0.2, -0.15) is 0 Å². The lowest BCUT2D eigenvalue weighted by Gasteiger charge is -2.19. The highest BCUT2D eigenvalue weighted by molar-refractivity contribution is 5.85. The first kappa shape index (κ1) is 21.8. The highest BCUT2D eigenvalue weighted by Crippen LogP contribution is 2.30. The van der Waals surface area contributed by atoms with Crippen molar-refractivity contribution < 1.29 is 9.47 Å². The summed E-state index contributed by atoms with van der Waals surface area (Å²) in [5, 5.41) is 3.61. The Balaban J connectivity index is 0.00000131. The molecule has 0 radical (unpaired) electrons. The fraction of sp³-hybridized carbons (Fsp3) is 0.429. The van der Waals surface area contributed by atoms with E-state index in [1.54, 1.807) is 7.11 Å². The van der Waals surface area contributed by atoms with Crippen LogP contribution in [0, 0.1) is 5.92 Å². The molecule has 4 rings (SSSR count). The molecule has 2 fully saturated rings. The first-order valence-electron chi connectivity index (χ1n) is 9.11. The van der Waals surface area contributed by atoms with Crippen molar-refractivity contribution in [3.63, 3.8) is 0 Å². The molecule has 4 nitrogen and oxygen atoms in total. The molecule has 2 atom stereocenters. The highest BCUT2D eigenvalue weighted by Gasteiger charge is 2.35. The Morgan fingerprint density at radius 3 is 2.63 bits per heavy atom. The van der Waals surface area contributed by atoms with Gasteiger partial charge in [-0.05, 0) is 30.5 Å². The van der Waals surface area contributed by atoms with Crippen molar-refractivity contribution in [3.8, 4) is 11.5 Å². The Bertz CT molecular complexity index is 703. The molecule has 0 aliphatic carbocycles. The van der Waals surface area contributed by atoms with Crippen molar-refractivity contribution in [2.24, 2.45) is 5.92 Å². The van der Waals surface area contributed by atoms with Gasteiger partial charge >= 0.3 is 0 Å². The van der Waals surface area contributed by atoms with Gasteiger partial charge in [-0.1, -0.05) is 36.4 Å². The summed E-state index contributed by atoms with van der Waals surface area (Å²) in [6, 6.07) is 17.1. The summed E-state index contributed by atoms with van der Waals surface area (Å²) in [6.07, 6.45) is 1.31. The van der Waals surface area contributed by atoms with Crippen LogP contribution in [0.4, 0.5) is 0 Å². The molecule has 27 heavy (non-hydrogen) atoms. The lowest BCUT2D eigenvalue weighted by Crippen LogP contribution is -2.30. The lowest BCUT2D eigenvalue weighted by molar-refractivity contribution is 0.293. The quantitative estimate of drug-likeness (QED) is 0.782. The van der Waals surface area contributed by atoms with Crippen LogP contribution in [0.1, 0.15) is 17.5 Å². The lowest BCUT2D eigenvalue weighted by atomic mass is 10.1. The Morgan fingerprint density at radius 2 is 1.89 bits per heavy atom. The number of methoxy groups -OCH3 is 1. The van der Waals surface area contributed by atoms with E-state index in [0.717, 1.165) is 30.5 Å². The maximum atomic E-state index is 5.92. The minimum Gasteiger partial charge on any atom is -0.496 e. The number of likely N-dealkylation sites (tertiary alicyclic amines) is 1. The van der Waals surface area contributed by atoms with E-state index >= 15 is 0 Å². The Hall–Kier alpha value is -1.46. The number of ether oxygens (including phenoxy) is 2. The predicted molar refractivity (Wildman–Crippen MR) is 113 cm³/mol. The number of halogens is 2. The van der Waals surface area contributed by atoms with Gasteiger partial charge in [-0.25, -0.2) is 0 Å². The molecule has 2 saturated heterocycles. The third-order valence-electron chi connectivity index (χ3n) is 5.34. The second-order valence-electron chi connectivity index (χ2n) is 7.05. The maximum Gasteiger partial charge on any atom is 0.127 e. The van der Waals surface area contributed by atoms with Gasteiger partial charge in [0, 0.05) is 37.3 Å². The summed E-state index contributed by atoms with van der Waals surface area (Å²) in [6.45, 7) is 5.02. The number of fused-ring (bicyclic) bond motifs is 1. The predicted octanol–water partition coefficient (Wildman–Crippen LogP) is 3.91. The molecule has 0 bridgehead atoms. The molecule has 1 N–H and O–H groups in total. The molecule has 2 heterocycles. The Labute approximate surface area is 174 Å². The topological polar surface area (TPSA) is 33.7 Å². The molecule has 0 spiro atoms. The Morgan fingerprint density at radius 1 is 1.07 bits per heavy atom. The number of nitrogens with one attached hydrogen (secondary N) is 1. The normalized spacial score (nSPS) is 21.1. The summed E-state index contributed by atoms with van der Waals surface area (Å²) in [4.78, 5) is 2.53. The van der Waals surface area contributed by atoms with Crippen molar-refractivity contribution in [1.82, 2.24) is 10.2 Å². The molecule has 2 aromatic rings. The number of hydrogen-bond acceptors (Lipinski definition) is 4. The van der Waals surface area contributed by atoms with Gasteiger partial charge in [0.15, 0.2) is 0 Å². The fourth-order valence-corrected chi connectivity index (χ4v) is 3.99. The van der Waals surface area contributed by atoms with E-state index < -0.39 is 0 Å². The Kier molecular flexibility index (Phi) is 8.24. The zero-order chi connectivity index (χ0) is 17.1. The maximum absolute atomic E-state index is 5.92. The van der Waals surface area contributed by atoms with Crippen LogP contribution in [-0.2, 0) is 13.2 Å². The number of nitrogens with zero attached hydrogens (tertiary/aromatic N) is 1. The van der Waals surface area contributed by atoms with E-state index in [-0.39, 0.29) is 24.8 Å². The van der Waals surface area contributed by atoms with Gasteiger partial charge in [0.2, 0.25) is 0 Å². The minimum atomic E-state index is 0. The SMILES string of the molecule is COc1cc(OCc2ccccc2)ccc1CN1C[C@@H]2CCN[C@@H]2C1.Cl.Cl. The van der Waals surface area contributed by atoms with Gasteiger partial charge < -0.3 is 14.8 Å². The van der Waals surface area contributed by atoms with Crippen LogP contribution < -0.4 is 14.8 Å². The largest absolute Gasteiger partial charge is 0.496 e. The molecular weight excluding hydrogens is 383 g/mol. The molecule has 0 saturated carbocycles. The monoisotopic (exact) mass is 410 g/mol. The first-order valence-corrected chi connectivity index (χ1v) is 9.11. The van der Waals surface area contributed by atoms with Gasteiger partial charge in [0.05, 0.1) is 7.11 Å². The molecule has 2 aliphatic heterocycles. The number of rotatable bonds is 6. The summed E-state index contributed by atoms with van der Waals surface area (Å²) in [5.41, 5.74) is 2.40. The van der Waals surface area contributed by atoms with Crippen LogP contribution in [-0.4, -0.2) is 37.7 Å². The summed E-state index contributed by atoms with van der Waals surface area (Å²) < 4.78 is 11.5. The second kappa shape index (κ2) is 10.2.